The monoisotopic (exact) mass is 430 g/mol. The number of nitrogens with zero attached hydrogens (tertiary/aromatic N) is 2. The lowest BCUT2D eigenvalue weighted by Crippen LogP contribution is -2.49. The molecule has 0 unspecified atom stereocenters. The minimum absolute atomic E-state index is 0.0650. The summed E-state index contributed by atoms with van der Waals surface area (Å²) in [6.07, 6.45) is 7.55. The lowest BCUT2D eigenvalue weighted by atomic mass is 9.48. The highest BCUT2D eigenvalue weighted by molar-refractivity contribution is 5.89. The van der Waals surface area contributed by atoms with E-state index in [-0.39, 0.29) is 17.2 Å². The minimum atomic E-state index is -0.391. The fourth-order valence-electron chi connectivity index (χ4n) is 7.33. The van der Waals surface area contributed by atoms with Crippen molar-refractivity contribution in [2.24, 2.45) is 23.5 Å². The number of methoxy groups -OCH3 is 1. The molecule has 1 aromatic carbocycles. The number of nitriles is 1. The molecule has 164 valence electrons. The summed E-state index contributed by atoms with van der Waals surface area (Å²) >= 11 is 0. The Morgan fingerprint density at radius 2 is 1.81 bits per heavy atom. The molecule has 7 heteroatoms. The summed E-state index contributed by atoms with van der Waals surface area (Å²) in [7, 11) is 1.36. The van der Waals surface area contributed by atoms with E-state index >= 15 is 0 Å². The Balaban J connectivity index is 1.48. The molecular formula is C25H26N4O3. The van der Waals surface area contributed by atoms with Gasteiger partial charge in [0.2, 0.25) is 11.8 Å². The van der Waals surface area contributed by atoms with Gasteiger partial charge in [-0.3, -0.25) is 5.10 Å². The maximum atomic E-state index is 11.9. The number of hydrogen-bond acceptors (Lipinski definition) is 6. The highest BCUT2D eigenvalue weighted by Gasteiger charge is 2.54. The van der Waals surface area contributed by atoms with Crippen LogP contribution in [-0.4, -0.2) is 23.3 Å². The number of esters is 1. The molecule has 0 amide bonds. The quantitative estimate of drug-likeness (QED) is 0.714. The summed E-state index contributed by atoms with van der Waals surface area (Å²) < 4.78 is 10.7. The number of aromatic amines is 1. The highest BCUT2D eigenvalue weighted by atomic mass is 16.5. The van der Waals surface area contributed by atoms with Gasteiger partial charge in [0.1, 0.15) is 11.6 Å². The van der Waals surface area contributed by atoms with Crippen LogP contribution >= 0.6 is 0 Å². The van der Waals surface area contributed by atoms with Crippen LogP contribution in [-0.2, 0) is 10.2 Å². The number of ether oxygens (including phenoxy) is 2. The maximum Gasteiger partial charge on any atom is 0.337 e. The van der Waals surface area contributed by atoms with Gasteiger partial charge in [0.25, 0.3) is 0 Å². The molecular weight excluding hydrogens is 404 g/mol. The summed E-state index contributed by atoms with van der Waals surface area (Å²) in [5.41, 5.74) is 10.0. The molecule has 0 spiro atoms. The lowest BCUT2D eigenvalue weighted by molar-refractivity contribution is -0.00768. The second-order valence-corrected chi connectivity index (χ2v) is 10.1. The van der Waals surface area contributed by atoms with E-state index in [9.17, 15) is 10.1 Å². The van der Waals surface area contributed by atoms with Crippen LogP contribution in [0.2, 0.25) is 0 Å². The predicted octanol–water partition coefficient (Wildman–Crippen LogP) is 3.88. The van der Waals surface area contributed by atoms with Gasteiger partial charge < -0.3 is 15.2 Å². The maximum absolute atomic E-state index is 11.9. The zero-order valence-corrected chi connectivity index (χ0v) is 18.1. The van der Waals surface area contributed by atoms with Crippen molar-refractivity contribution in [2.45, 2.75) is 49.9 Å². The average Bonchev–Trinajstić information content (AvgIpc) is 3.21. The number of nitrogens with one attached hydrogen (secondary N) is 1. The number of nitrogens with two attached hydrogens (primary N) is 1. The largest absolute Gasteiger partial charge is 0.465 e. The van der Waals surface area contributed by atoms with E-state index in [0.29, 0.717) is 17.0 Å². The first-order valence-corrected chi connectivity index (χ1v) is 11.4. The molecule has 0 saturated heterocycles. The van der Waals surface area contributed by atoms with Crippen molar-refractivity contribution in [3.63, 3.8) is 0 Å². The van der Waals surface area contributed by atoms with Crippen molar-refractivity contribution in [3.05, 3.63) is 58.1 Å². The first-order chi connectivity index (χ1) is 15.5. The Bertz CT molecular complexity index is 1140. The molecule has 4 bridgehead atoms. The SMILES string of the molecule is COC(=O)c1ccc([C@H]2C(C#N)=C(N)Oc3n[nH]c(C45CC6CC(CC(C6)C4)C5)c32)cc1. The molecule has 1 aliphatic heterocycles. The van der Waals surface area contributed by atoms with Gasteiger partial charge in [0.15, 0.2) is 0 Å². The molecule has 2 aromatic rings. The summed E-state index contributed by atoms with van der Waals surface area (Å²) in [5.74, 6) is 2.12. The second-order valence-electron chi connectivity index (χ2n) is 10.1. The Hall–Kier alpha value is -3.27. The van der Waals surface area contributed by atoms with E-state index in [1.54, 1.807) is 12.1 Å². The molecule has 7 rings (SSSR count). The first-order valence-electron chi connectivity index (χ1n) is 11.4. The first kappa shape index (κ1) is 19.4. The number of carbonyl (C=O) groups is 1. The molecule has 5 aliphatic rings. The van der Waals surface area contributed by atoms with Gasteiger partial charge in [-0.25, -0.2) is 4.79 Å². The van der Waals surface area contributed by atoms with Crippen LogP contribution in [0, 0.1) is 29.1 Å². The summed E-state index contributed by atoms with van der Waals surface area (Å²) in [4.78, 5) is 11.9. The van der Waals surface area contributed by atoms with E-state index in [1.807, 2.05) is 12.1 Å². The molecule has 4 fully saturated rings. The lowest BCUT2D eigenvalue weighted by Gasteiger charge is -2.56. The van der Waals surface area contributed by atoms with Gasteiger partial charge >= 0.3 is 5.97 Å². The Kier molecular flexibility index (Phi) is 4.16. The van der Waals surface area contributed by atoms with Crippen molar-refractivity contribution >= 4 is 5.97 Å². The minimum Gasteiger partial charge on any atom is -0.465 e. The van der Waals surface area contributed by atoms with Gasteiger partial charge in [0, 0.05) is 11.1 Å². The number of hydrogen-bond donors (Lipinski definition) is 2. The van der Waals surface area contributed by atoms with E-state index in [0.717, 1.165) is 34.6 Å². The fourth-order valence-corrected chi connectivity index (χ4v) is 7.33. The van der Waals surface area contributed by atoms with Crippen molar-refractivity contribution in [1.29, 1.82) is 5.26 Å². The number of rotatable bonds is 3. The zero-order valence-electron chi connectivity index (χ0n) is 18.1. The molecule has 1 atom stereocenters. The smallest absolute Gasteiger partial charge is 0.337 e. The third kappa shape index (κ3) is 2.72. The molecule has 3 N–H and O–H groups in total. The van der Waals surface area contributed by atoms with Crippen LogP contribution in [0.1, 0.15) is 71.6 Å². The molecule has 32 heavy (non-hydrogen) atoms. The van der Waals surface area contributed by atoms with Crippen LogP contribution in [0.3, 0.4) is 0 Å². The van der Waals surface area contributed by atoms with Crippen molar-refractivity contribution in [1.82, 2.24) is 10.2 Å². The summed E-state index contributed by atoms with van der Waals surface area (Å²) in [5, 5.41) is 17.8. The third-order valence-electron chi connectivity index (χ3n) is 8.17. The number of benzene rings is 1. The molecule has 7 nitrogen and oxygen atoms in total. The summed E-state index contributed by atoms with van der Waals surface area (Å²) in [6.45, 7) is 0. The van der Waals surface area contributed by atoms with Gasteiger partial charge in [-0.15, -0.1) is 5.10 Å². The topological polar surface area (TPSA) is 114 Å². The van der Waals surface area contributed by atoms with Gasteiger partial charge in [0.05, 0.1) is 24.2 Å². The number of H-pyrrole nitrogens is 1. The molecule has 0 radical (unpaired) electrons. The second kappa shape index (κ2) is 6.86. The van der Waals surface area contributed by atoms with Crippen LogP contribution in [0.5, 0.6) is 5.88 Å². The zero-order chi connectivity index (χ0) is 22.0. The highest BCUT2D eigenvalue weighted by Crippen LogP contribution is 2.62. The number of fused-ring (bicyclic) bond motifs is 1. The van der Waals surface area contributed by atoms with Gasteiger partial charge in [-0.05, 0) is 74.0 Å². The van der Waals surface area contributed by atoms with E-state index in [4.69, 9.17) is 15.2 Å². The average molecular weight is 431 g/mol. The van der Waals surface area contributed by atoms with E-state index in [2.05, 4.69) is 16.3 Å². The number of allylic oxidation sites excluding steroid dienone is 1. The van der Waals surface area contributed by atoms with Crippen LogP contribution in [0.4, 0.5) is 0 Å². The number of carbonyl (C=O) groups excluding carboxylic acids is 1. The van der Waals surface area contributed by atoms with Crippen molar-refractivity contribution in [3.8, 4) is 11.9 Å². The Morgan fingerprint density at radius 1 is 1.19 bits per heavy atom. The normalized spacial score (nSPS) is 32.2. The van der Waals surface area contributed by atoms with E-state index in [1.165, 1.54) is 45.6 Å². The fraction of sp³-hybridized carbons (Fsp3) is 0.480. The molecule has 4 aliphatic carbocycles. The standard InChI is InChI=1S/C25H26N4O3/c1-31-24(30)17-4-2-16(3-5-17)19-18(12-26)22(27)32-23-20(19)21(28-29-23)25-9-13-6-14(10-25)8-15(7-13)11-25/h2-5,13-15,19H,6-11,27H2,1H3,(H,28,29)/t13?,14?,15?,19-,25?/m0/s1. The van der Waals surface area contributed by atoms with E-state index < -0.39 is 5.97 Å². The van der Waals surface area contributed by atoms with Crippen LogP contribution < -0.4 is 10.5 Å². The van der Waals surface area contributed by atoms with Gasteiger partial charge in [-0.2, -0.15) is 5.26 Å². The predicted molar refractivity (Wildman–Crippen MR) is 116 cm³/mol. The van der Waals surface area contributed by atoms with Crippen LogP contribution in [0.25, 0.3) is 0 Å². The summed E-state index contributed by atoms with van der Waals surface area (Å²) in [6, 6.07) is 9.47. The Morgan fingerprint density at radius 3 is 2.38 bits per heavy atom. The Labute approximate surface area is 186 Å². The van der Waals surface area contributed by atoms with Crippen LogP contribution in [0.15, 0.2) is 35.7 Å². The third-order valence-corrected chi connectivity index (χ3v) is 8.17. The van der Waals surface area contributed by atoms with Crippen molar-refractivity contribution < 1.29 is 14.3 Å². The molecule has 4 saturated carbocycles. The number of aromatic nitrogens is 2. The van der Waals surface area contributed by atoms with Crippen molar-refractivity contribution in [2.75, 3.05) is 7.11 Å². The van der Waals surface area contributed by atoms with Gasteiger partial charge in [-0.1, -0.05) is 12.1 Å². The molecule has 1 aromatic heterocycles. The molecule has 2 heterocycles.